The minimum absolute atomic E-state index is 0.0197. The van der Waals surface area contributed by atoms with Gasteiger partial charge in [-0.1, -0.05) is 22.0 Å². The molecule has 0 fully saturated rings. The van der Waals surface area contributed by atoms with Crippen LogP contribution in [0.2, 0.25) is 0 Å². The molecular formula is C12H14BrNO4. The monoisotopic (exact) mass is 315 g/mol. The van der Waals surface area contributed by atoms with E-state index >= 15 is 0 Å². The molecule has 18 heavy (non-hydrogen) atoms. The molecule has 0 spiro atoms. The Hall–Kier alpha value is -1.40. The molecule has 0 saturated carbocycles. The molecule has 1 rings (SSSR count). The molecule has 1 aromatic carbocycles. The van der Waals surface area contributed by atoms with Crippen LogP contribution >= 0.6 is 15.9 Å². The number of hydrogen-bond acceptors (Lipinski definition) is 3. The minimum atomic E-state index is -1.45. The zero-order valence-corrected chi connectivity index (χ0v) is 11.4. The van der Waals surface area contributed by atoms with Crippen molar-refractivity contribution < 1.29 is 19.8 Å². The van der Waals surface area contributed by atoms with Gasteiger partial charge >= 0.3 is 5.97 Å². The van der Waals surface area contributed by atoms with Gasteiger partial charge in [-0.2, -0.15) is 0 Å². The second-order valence-corrected chi connectivity index (χ2v) is 4.72. The second-order valence-electron chi connectivity index (χ2n) is 3.86. The molecule has 0 bridgehead atoms. The fourth-order valence-corrected chi connectivity index (χ4v) is 1.66. The van der Waals surface area contributed by atoms with Crippen LogP contribution in [0, 0.1) is 6.92 Å². The van der Waals surface area contributed by atoms with Crippen molar-refractivity contribution >= 4 is 27.8 Å². The lowest BCUT2D eigenvalue weighted by atomic mass is 10.1. The van der Waals surface area contributed by atoms with Crippen molar-refractivity contribution in [3.63, 3.8) is 0 Å². The summed E-state index contributed by atoms with van der Waals surface area (Å²) in [4.78, 5) is 22.1. The number of carboxylic acid groups (broad SMARTS) is 1. The maximum Gasteiger partial charge on any atom is 0.332 e. The van der Waals surface area contributed by atoms with Crippen LogP contribution in [-0.4, -0.2) is 34.7 Å². The molecule has 98 valence electrons. The number of aliphatic carboxylic acids is 1. The van der Waals surface area contributed by atoms with Gasteiger partial charge < -0.3 is 15.5 Å². The topological polar surface area (TPSA) is 86.6 Å². The minimum Gasteiger partial charge on any atom is -0.479 e. The van der Waals surface area contributed by atoms with E-state index in [1.165, 1.54) is 0 Å². The van der Waals surface area contributed by atoms with E-state index < -0.39 is 12.1 Å². The summed E-state index contributed by atoms with van der Waals surface area (Å²) in [5.74, 6) is -1.59. The fourth-order valence-electron chi connectivity index (χ4n) is 1.28. The molecule has 1 aromatic rings. The first-order valence-electron chi connectivity index (χ1n) is 5.37. The summed E-state index contributed by atoms with van der Waals surface area (Å²) < 4.78 is 0.834. The first-order chi connectivity index (χ1) is 8.41. The Labute approximate surface area is 113 Å². The maximum atomic E-state index is 11.7. The van der Waals surface area contributed by atoms with Gasteiger partial charge in [-0.3, -0.25) is 4.79 Å². The molecule has 0 aliphatic rings. The number of aryl methyl sites for hydroxylation is 1. The quantitative estimate of drug-likeness (QED) is 0.765. The van der Waals surface area contributed by atoms with E-state index in [4.69, 9.17) is 10.2 Å². The third-order valence-corrected chi connectivity index (χ3v) is 3.28. The van der Waals surface area contributed by atoms with Crippen molar-refractivity contribution in [2.45, 2.75) is 19.4 Å². The molecule has 0 aliphatic heterocycles. The summed E-state index contributed by atoms with van der Waals surface area (Å²) in [7, 11) is 0. The van der Waals surface area contributed by atoms with E-state index in [0.29, 0.717) is 5.56 Å². The summed E-state index contributed by atoms with van der Waals surface area (Å²) in [5, 5.41) is 20.0. The highest BCUT2D eigenvalue weighted by molar-refractivity contribution is 9.10. The highest BCUT2D eigenvalue weighted by Gasteiger charge is 2.13. The summed E-state index contributed by atoms with van der Waals surface area (Å²) in [6.45, 7) is 2.02. The van der Waals surface area contributed by atoms with Crippen molar-refractivity contribution in [1.82, 2.24) is 5.32 Å². The number of amides is 1. The number of hydrogen-bond donors (Lipinski definition) is 3. The van der Waals surface area contributed by atoms with Crippen LogP contribution in [0.5, 0.6) is 0 Å². The number of carbonyl (C=O) groups excluding carboxylic acids is 1. The van der Waals surface area contributed by atoms with Crippen molar-refractivity contribution in [2.24, 2.45) is 0 Å². The fraction of sp³-hybridized carbons (Fsp3) is 0.333. The molecule has 0 unspecified atom stereocenters. The number of carbonyl (C=O) groups is 2. The largest absolute Gasteiger partial charge is 0.479 e. The van der Waals surface area contributed by atoms with Gasteiger partial charge in [-0.25, -0.2) is 4.79 Å². The van der Waals surface area contributed by atoms with Crippen LogP contribution < -0.4 is 5.32 Å². The Morgan fingerprint density at radius 3 is 2.67 bits per heavy atom. The van der Waals surface area contributed by atoms with Crippen LogP contribution in [-0.2, 0) is 4.79 Å². The molecular weight excluding hydrogens is 302 g/mol. The van der Waals surface area contributed by atoms with Crippen LogP contribution in [0.25, 0.3) is 0 Å². The molecule has 0 aromatic heterocycles. The van der Waals surface area contributed by atoms with E-state index in [0.717, 1.165) is 10.0 Å². The van der Waals surface area contributed by atoms with Gasteiger partial charge in [0.25, 0.3) is 5.91 Å². The third kappa shape index (κ3) is 4.12. The Morgan fingerprint density at radius 2 is 2.11 bits per heavy atom. The van der Waals surface area contributed by atoms with Crippen molar-refractivity contribution in [3.8, 4) is 0 Å². The highest BCUT2D eigenvalue weighted by atomic mass is 79.9. The van der Waals surface area contributed by atoms with Gasteiger partial charge in [-0.05, 0) is 24.6 Å². The predicted octanol–water partition coefficient (Wildman–Crippen LogP) is 1.32. The first kappa shape index (κ1) is 14.7. The highest BCUT2D eigenvalue weighted by Crippen LogP contribution is 2.17. The van der Waals surface area contributed by atoms with Gasteiger partial charge in [0.05, 0.1) is 0 Å². The van der Waals surface area contributed by atoms with Crippen LogP contribution in [0.3, 0.4) is 0 Å². The Kier molecular flexibility index (Phi) is 5.30. The smallest absolute Gasteiger partial charge is 0.332 e. The second kappa shape index (κ2) is 6.51. The average Bonchev–Trinajstić information content (AvgIpc) is 2.32. The molecule has 3 N–H and O–H groups in total. The number of aliphatic hydroxyl groups excluding tert-OH is 1. The Balaban J connectivity index is 2.50. The predicted molar refractivity (Wildman–Crippen MR) is 69.5 cm³/mol. The van der Waals surface area contributed by atoms with Crippen LogP contribution in [0.4, 0.5) is 0 Å². The SMILES string of the molecule is Cc1ccc(C(=O)NCC[C@H](O)C(=O)O)cc1Br. The Morgan fingerprint density at radius 1 is 1.44 bits per heavy atom. The van der Waals surface area contributed by atoms with Gasteiger partial charge in [-0.15, -0.1) is 0 Å². The number of halogens is 1. The lowest BCUT2D eigenvalue weighted by Crippen LogP contribution is -2.30. The van der Waals surface area contributed by atoms with Gasteiger partial charge in [0.2, 0.25) is 0 Å². The molecule has 1 atom stereocenters. The molecule has 0 radical (unpaired) electrons. The molecule has 0 saturated heterocycles. The summed E-state index contributed by atoms with van der Waals surface area (Å²) in [5.41, 5.74) is 1.50. The molecule has 5 nitrogen and oxygen atoms in total. The van der Waals surface area contributed by atoms with Crippen LogP contribution in [0.1, 0.15) is 22.3 Å². The number of nitrogens with one attached hydrogen (secondary N) is 1. The number of aliphatic hydroxyl groups is 1. The number of benzene rings is 1. The zero-order chi connectivity index (χ0) is 13.7. The van der Waals surface area contributed by atoms with Gasteiger partial charge in [0, 0.05) is 23.0 Å². The first-order valence-corrected chi connectivity index (χ1v) is 6.16. The van der Waals surface area contributed by atoms with Crippen molar-refractivity contribution in [3.05, 3.63) is 33.8 Å². The van der Waals surface area contributed by atoms with E-state index in [-0.39, 0.29) is 18.9 Å². The number of carboxylic acids is 1. The van der Waals surface area contributed by atoms with Crippen molar-refractivity contribution in [2.75, 3.05) is 6.54 Å². The standard InChI is InChI=1S/C12H14BrNO4/c1-7-2-3-8(6-9(7)13)11(16)14-5-4-10(15)12(17)18/h2-3,6,10,15H,4-5H2,1H3,(H,14,16)(H,17,18)/t10-/m0/s1. The summed E-state index contributed by atoms with van der Waals surface area (Å²) >= 11 is 3.33. The van der Waals surface area contributed by atoms with E-state index in [2.05, 4.69) is 21.2 Å². The molecule has 0 aliphatic carbocycles. The van der Waals surface area contributed by atoms with Gasteiger partial charge in [0.15, 0.2) is 6.10 Å². The summed E-state index contributed by atoms with van der Waals surface area (Å²) in [6, 6.07) is 5.19. The average molecular weight is 316 g/mol. The Bertz CT molecular complexity index is 461. The van der Waals surface area contributed by atoms with Gasteiger partial charge in [0.1, 0.15) is 0 Å². The van der Waals surface area contributed by atoms with E-state index in [9.17, 15) is 9.59 Å². The van der Waals surface area contributed by atoms with Crippen LogP contribution in [0.15, 0.2) is 22.7 Å². The molecule has 6 heteroatoms. The zero-order valence-electron chi connectivity index (χ0n) is 9.81. The third-order valence-electron chi connectivity index (χ3n) is 2.42. The van der Waals surface area contributed by atoms with E-state index in [1.54, 1.807) is 12.1 Å². The van der Waals surface area contributed by atoms with Crippen molar-refractivity contribution in [1.29, 1.82) is 0 Å². The lowest BCUT2D eigenvalue weighted by Gasteiger charge is -2.08. The lowest BCUT2D eigenvalue weighted by molar-refractivity contribution is -0.146. The normalized spacial score (nSPS) is 11.9. The number of rotatable bonds is 5. The maximum absolute atomic E-state index is 11.7. The molecule has 0 heterocycles. The summed E-state index contributed by atoms with van der Waals surface area (Å²) in [6.07, 6.45) is -1.47. The molecule has 1 amide bonds. The van der Waals surface area contributed by atoms with E-state index in [1.807, 2.05) is 13.0 Å².